The first-order valence-corrected chi connectivity index (χ1v) is 7.27. The van der Waals surface area contributed by atoms with E-state index in [1.165, 1.54) is 0 Å². The molecule has 2 atom stereocenters. The van der Waals surface area contributed by atoms with Crippen molar-refractivity contribution in [1.82, 2.24) is 10.3 Å². The summed E-state index contributed by atoms with van der Waals surface area (Å²) in [6, 6.07) is 1.81. The quantitative estimate of drug-likeness (QED) is 0.881. The highest BCUT2D eigenvalue weighted by atomic mass is 16.2. The molecule has 2 N–H and O–H groups in total. The van der Waals surface area contributed by atoms with E-state index in [-0.39, 0.29) is 11.9 Å². The van der Waals surface area contributed by atoms with Crippen LogP contribution in [0.5, 0.6) is 0 Å². The molecule has 2 unspecified atom stereocenters. The highest BCUT2D eigenvalue weighted by Gasteiger charge is 2.26. The van der Waals surface area contributed by atoms with E-state index in [0.717, 1.165) is 37.2 Å². The summed E-state index contributed by atoms with van der Waals surface area (Å²) in [5.41, 5.74) is 1.74. The van der Waals surface area contributed by atoms with E-state index >= 15 is 0 Å². The number of pyridine rings is 1. The molecule has 2 heterocycles. The molecule has 1 aliphatic rings. The number of hydrogen-bond acceptors (Lipinski definition) is 4. The maximum atomic E-state index is 12.4. The molecule has 1 amide bonds. The summed E-state index contributed by atoms with van der Waals surface area (Å²) in [5.74, 6) is 0.688. The van der Waals surface area contributed by atoms with Crippen LogP contribution < -0.4 is 15.5 Å². The third-order valence-electron chi connectivity index (χ3n) is 3.94. The molecule has 1 aromatic heterocycles. The second-order valence-electron chi connectivity index (χ2n) is 5.58. The van der Waals surface area contributed by atoms with Crippen molar-refractivity contribution >= 4 is 17.3 Å². The van der Waals surface area contributed by atoms with Gasteiger partial charge in [-0.25, -0.2) is 0 Å². The number of hydrogen-bond donors (Lipinski definition) is 2. The number of piperidine rings is 1. The minimum Gasteiger partial charge on any atom is -0.376 e. The zero-order valence-electron chi connectivity index (χ0n) is 12.5. The minimum absolute atomic E-state index is 0.0410. The summed E-state index contributed by atoms with van der Waals surface area (Å²) in [6.45, 7) is 3.11. The van der Waals surface area contributed by atoms with Crippen molar-refractivity contribution in [2.45, 2.75) is 32.2 Å². The van der Waals surface area contributed by atoms with E-state index in [9.17, 15) is 4.79 Å². The van der Waals surface area contributed by atoms with E-state index in [2.05, 4.69) is 22.5 Å². The first-order chi connectivity index (χ1) is 9.61. The van der Waals surface area contributed by atoms with Gasteiger partial charge in [0.2, 0.25) is 5.91 Å². The number of anilines is 2. The maximum absolute atomic E-state index is 12.4. The highest BCUT2D eigenvalue weighted by Crippen LogP contribution is 2.24. The number of nitrogens with zero attached hydrogens (tertiary/aromatic N) is 2. The van der Waals surface area contributed by atoms with Gasteiger partial charge in [0.15, 0.2) is 0 Å². The molecule has 0 saturated carbocycles. The Bertz CT molecular complexity index is 461. The average Bonchev–Trinajstić information content (AvgIpc) is 2.47. The summed E-state index contributed by atoms with van der Waals surface area (Å²) < 4.78 is 0. The molecule has 1 aliphatic heterocycles. The van der Waals surface area contributed by atoms with E-state index < -0.39 is 0 Å². The lowest BCUT2D eigenvalue weighted by Crippen LogP contribution is -2.46. The van der Waals surface area contributed by atoms with Gasteiger partial charge in [0.1, 0.15) is 0 Å². The van der Waals surface area contributed by atoms with E-state index in [1.54, 1.807) is 12.4 Å². The molecule has 1 fully saturated rings. The van der Waals surface area contributed by atoms with Crippen molar-refractivity contribution in [2.24, 2.45) is 5.92 Å². The Morgan fingerprint density at radius 2 is 2.35 bits per heavy atom. The van der Waals surface area contributed by atoms with Gasteiger partial charge in [-0.15, -0.1) is 0 Å². The lowest BCUT2D eigenvalue weighted by molar-refractivity contribution is -0.119. The van der Waals surface area contributed by atoms with Crippen molar-refractivity contribution in [3.63, 3.8) is 0 Å². The number of aromatic nitrogens is 1. The smallest absolute Gasteiger partial charge is 0.241 e. The normalized spacial score (nSPS) is 22.4. The van der Waals surface area contributed by atoms with Crippen LogP contribution >= 0.6 is 0 Å². The number of carbonyl (C=O) groups is 1. The molecular weight excluding hydrogens is 252 g/mol. The number of nitrogens with one attached hydrogen (secondary N) is 2. The first kappa shape index (κ1) is 14.8. The highest BCUT2D eigenvalue weighted by molar-refractivity contribution is 5.97. The fourth-order valence-corrected chi connectivity index (χ4v) is 2.66. The van der Waals surface area contributed by atoms with Crippen LogP contribution in [0, 0.1) is 5.92 Å². The summed E-state index contributed by atoms with van der Waals surface area (Å²) in [6.07, 6.45) is 6.65. The number of rotatable bonds is 4. The Hall–Kier alpha value is -1.62. The molecule has 1 saturated heterocycles. The number of amides is 1. The molecule has 2 rings (SSSR count). The zero-order valence-corrected chi connectivity index (χ0v) is 12.5. The van der Waals surface area contributed by atoms with Crippen LogP contribution in [-0.2, 0) is 4.79 Å². The molecule has 0 radical (unpaired) electrons. The molecule has 0 aliphatic carbocycles. The first-order valence-electron chi connectivity index (χ1n) is 7.27. The van der Waals surface area contributed by atoms with E-state index in [1.807, 2.05) is 25.1 Å². The largest absolute Gasteiger partial charge is 0.376 e. The molecular formula is C15H24N4O. The second kappa shape index (κ2) is 6.70. The van der Waals surface area contributed by atoms with Gasteiger partial charge in [-0.1, -0.05) is 13.3 Å². The maximum Gasteiger partial charge on any atom is 0.241 e. The van der Waals surface area contributed by atoms with Crippen molar-refractivity contribution in [2.75, 3.05) is 30.9 Å². The molecule has 5 nitrogen and oxygen atoms in total. The fourth-order valence-electron chi connectivity index (χ4n) is 2.66. The van der Waals surface area contributed by atoms with Crippen LogP contribution in [0.25, 0.3) is 0 Å². The Labute approximate surface area is 120 Å². The van der Waals surface area contributed by atoms with Gasteiger partial charge < -0.3 is 15.5 Å². The standard InChI is InChI=1S/C15H24N4O/c1-4-11-5-8-17-12(9-11)15(20)18-13-10-16-7-6-14(13)19(2)3/h6-7,10-12,17H,4-5,8-9H2,1-3H3,(H,18,20). The van der Waals surface area contributed by atoms with Gasteiger partial charge in [-0.3, -0.25) is 9.78 Å². The summed E-state index contributed by atoms with van der Waals surface area (Å²) >= 11 is 0. The summed E-state index contributed by atoms with van der Waals surface area (Å²) in [5, 5.41) is 6.31. The lowest BCUT2D eigenvalue weighted by atomic mass is 9.90. The monoisotopic (exact) mass is 276 g/mol. The van der Waals surface area contributed by atoms with Crippen LogP contribution in [0.15, 0.2) is 18.5 Å². The van der Waals surface area contributed by atoms with Crippen molar-refractivity contribution in [3.05, 3.63) is 18.5 Å². The molecule has 5 heteroatoms. The molecule has 1 aromatic rings. The van der Waals surface area contributed by atoms with Crippen molar-refractivity contribution in [1.29, 1.82) is 0 Å². The van der Waals surface area contributed by atoms with Crippen LogP contribution in [0.2, 0.25) is 0 Å². The predicted molar refractivity (Wildman–Crippen MR) is 82.0 cm³/mol. The van der Waals surface area contributed by atoms with Gasteiger partial charge >= 0.3 is 0 Å². The van der Waals surface area contributed by atoms with Gasteiger partial charge in [0.05, 0.1) is 23.6 Å². The van der Waals surface area contributed by atoms with Crippen LogP contribution in [0.3, 0.4) is 0 Å². The zero-order chi connectivity index (χ0) is 14.5. The average molecular weight is 276 g/mol. The molecule has 20 heavy (non-hydrogen) atoms. The molecule has 110 valence electrons. The minimum atomic E-state index is -0.0936. The van der Waals surface area contributed by atoms with Crippen molar-refractivity contribution < 1.29 is 4.79 Å². The van der Waals surface area contributed by atoms with E-state index in [4.69, 9.17) is 0 Å². The van der Waals surface area contributed by atoms with Crippen LogP contribution in [0.1, 0.15) is 26.2 Å². The third-order valence-corrected chi connectivity index (χ3v) is 3.94. The Balaban J connectivity index is 2.04. The number of carbonyl (C=O) groups excluding carboxylic acids is 1. The Morgan fingerprint density at radius 3 is 3.05 bits per heavy atom. The molecule has 0 aromatic carbocycles. The van der Waals surface area contributed by atoms with Gasteiger partial charge in [-0.2, -0.15) is 0 Å². The van der Waals surface area contributed by atoms with E-state index in [0.29, 0.717) is 5.92 Å². The molecule has 0 bridgehead atoms. The van der Waals surface area contributed by atoms with Gasteiger partial charge in [0.25, 0.3) is 0 Å². The summed E-state index contributed by atoms with van der Waals surface area (Å²) in [4.78, 5) is 18.5. The fraction of sp³-hybridized carbons (Fsp3) is 0.600. The molecule has 0 spiro atoms. The SMILES string of the molecule is CCC1CCNC(C(=O)Nc2cnccc2N(C)C)C1. The lowest BCUT2D eigenvalue weighted by Gasteiger charge is -2.29. The second-order valence-corrected chi connectivity index (χ2v) is 5.58. The Morgan fingerprint density at radius 1 is 1.55 bits per heavy atom. The Kier molecular flexibility index (Phi) is 4.95. The predicted octanol–water partition coefficient (Wildman–Crippen LogP) is 1.86. The van der Waals surface area contributed by atoms with Crippen LogP contribution in [-0.4, -0.2) is 37.6 Å². The third kappa shape index (κ3) is 3.48. The summed E-state index contributed by atoms with van der Waals surface area (Å²) in [7, 11) is 3.91. The van der Waals surface area contributed by atoms with Crippen molar-refractivity contribution in [3.8, 4) is 0 Å². The topological polar surface area (TPSA) is 57.3 Å². The van der Waals surface area contributed by atoms with Gasteiger partial charge in [-0.05, 0) is 31.4 Å². The van der Waals surface area contributed by atoms with Gasteiger partial charge in [0, 0.05) is 20.3 Å². The van der Waals surface area contributed by atoms with Crippen LogP contribution in [0.4, 0.5) is 11.4 Å².